The highest BCUT2D eigenvalue weighted by Crippen LogP contribution is 2.28. The van der Waals surface area contributed by atoms with Crippen LogP contribution in [-0.2, 0) is 16.2 Å². The summed E-state index contributed by atoms with van der Waals surface area (Å²) in [7, 11) is -3.55. The molecule has 3 aromatic rings. The van der Waals surface area contributed by atoms with Crippen molar-refractivity contribution in [1.29, 1.82) is 5.26 Å². The number of primary sulfonamides is 1. The fourth-order valence-electron chi connectivity index (χ4n) is 2.29. The second-order valence-electron chi connectivity index (χ2n) is 6.06. The summed E-state index contributed by atoms with van der Waals surface area (Å²) in [6.07, 6.45) is -0.995. The molecule has 0 amide bonds. The molecule has 2 heterocycles. The van der Waals surface area contributed by atoms with E-state index in [9.17, 15) is 21.6 Å². The third-order valence-corrected chi connectivity index (χ3v) is 4.44. The summed E-state index contributed by atoms with van der Waals surface area (Å²) in [5.74, 6) is 0.222. The van der Waals surface area contributed by atoms with E-state index < -0.39 is 21.8 Å². The Balaban J connectivity index is 0.000000221. The average Bonchev–Trinajstić information content (AvgIpc) is 3.09. The lowest BCUT2D eigenvalue weighted by Gasteiger charge is -2.06. The van der Waals surface area contributed by atoms with Crippen LogP contribution in [0.15, 0.2) is 53.8 Å². The fraction of sp³-hybridized carbons (Fsp3) is 0.167. The molecule has 152 valence electrons. The molecule has 11 heteroatoms. The number of hydrogen-bond donors (Lipinski definition) is 1. The minimum atomic E-state index is -4.41. The van der Waals surface area contributed by atoms with E-state index >= 15 is 0 Å². The highest BCUT2D eigenvalue weighted by atomic mass is 32.2. The van der Waals surface area contributed by atoms with Crippen LogP contribution in [0.3, 0.4) is 0 Å². The number of alkyl halides is 3. The summed E-state index contributed by atoms with van der Waals surface area (Å²) in [6.45, 7) is 3.67. The van der Waals surface area contributed by atoms with E-state index in [1.54, 1.807) is 12.1 Å². The third-order valence-electron chi connectivity index (χ3n) is 3.55. The van der Waals surface area contributed by atoms with Crippen LogP contribution in [0.4, 0.5) is 13.2 Å². The van der Waals surface area contributed by atoms with Gasteiger partial charge < -0.3 is 0 Å². The number of benzene rings is 1. The van der Waals surface area contributed by atoms with E-state index in [1.807, 2.05) is 26.0 Å². The van der Waals surface area contributed by atoms with Crippen molar-refractivity contribution in [2.45, 2.75) is 24.9 Å². The van der Waals surface area contributed by atoms with Crippen LogP contribution in [0, 0.1) is 25.2 Å². The van der Waals surface area contributed by atoms with Crippen LogP contribution in [0.1, 0.15) is 22.3 Å². The number of halogens is 3. The van der Waals surface area contributed by atoms with Crippen molar-refractivity contribution >= 4 is 10.0 Å². The van der Waals surface area contributed by atoms with E-state index in [0.29, 0.717) is 5.56 Å². The number of pyridine rings is 1. The van der Waals surface area contributed by atoms with E-state index in [4.69, 9.17) is 10.4 Å². The Labute approximate surface area is 165 Å². The van der Waals surface area contributed by atoms with Crippen LogP contribution in [0.5, 0.6) is 0 Å². The normalized spacial score (nSPS) is 11.3. The molecule has 2 aromatic heterocycles. The van der Waals surface area contributed by atoms with Crippen LogP contribution >= 0.6 is 0 Å². The first-order valence-corrected chi connectivity index (χ1v) is 9.54. The van der Waals surface area contributed by atoms with Gasteiger partial charge >= 0.3 is 6.18 Å². The number of aryl methyl sites for hydroxylation is 2. The molecule has 29 heavy (non-hydrogen) atoms. The maximum atomic E-state index is 12.3. The number of sulfonamides is 1. The number of aromatic nitrogens is 3. The number of nitrogens with two attached hydrogens (primary N) is 1. The molecule has 0 aliphatic carbocycles. The smallest absolute Gasteiger partial charge is 0.237 e. The first-order chi connectivity index (χ1) is 13.4. The predicted octanol–water partition coefficient (Wildman–Crippen LogP) is 3.11. The van der Waals surface area contributed by atoms with Gasteiger partial charge in [0.2, 0.25) is 10.0 Å². The monoisotopic (exact) mass is 423 g/mol. The molecule has 0 unspecified atom stereocenters. The Morgan fingerprint density at radius 1 is 1.10 bits per heavy atom. The molecule has 0 bridgehead atoms. The van der Waals surface area contributed by atoms with Crippen LogP contribution in [0.2, 0.25) is 0 Å². The predicted molar refractivity (Wildman–Crippen MR) is 98.4 cm³/mol. The fourth-order valence-corrected chi connectivity index (χ4v) is 2.99. The maximum absolute atomic E-state index is 12.3. The average molecular weight is 423 g/mol. The van der Waals surface area contributed by atoms with Gasteiger partial charge in [0.15, 0.2) is 5.82 Å². The minimum absolute atomic E-state index is 0.181. The van der Waals surface area contributed by atoms with Crippen LogP contribution < -0.4 is 5.14 Å². The zero-order valence-electron chi connectivity index (χ0n) is 15.3. The van der Waals surface area contributed by atoms with Gasteiger partial charge in [0.25, 0.3) is 0 Å². The largest absolute Gasteiger partial charge is 0.417 e. The third kappa shape index (κ3) is 6.13. The van der Waals surface area contributed by atoms with E-state index in [-0.39, 0.29) is 10.7 Å². The zero-order valence-corrected chi connectivity index (χ0v) is 16.2. The van der Waals surface area contributed by atoms with E-state index in [1.165, 1.54) is 23.1 Å². The summed E-state index contributed by atoms with van der Waals surface area (Å²) in [4.78, 5) is 3.81. The SMILES string of the molecule is Cc1cc(C)cc(S(N)(=O)=O)c1.N#Cc1cnn(-c2ccc(C(F)(F)F)cn2)c1. The van der Waals surface area contributed by atoms with Gasteiger partial charge in [0.1, 0.15) is 6.07 Å². The molecule has 0 spiro atoms. The number of nitriles is 1. The standard InChI is InChI=1S/C10H5F3N4.C8H11NO2S/c11-10(12,13)8-1-2-9(15-5-8)17-6-7(3-14)4-16-17;1-6-3-7(2)5-8(4-6)12(9,10)11/h1-2,4-6H;3-5H,1-2H3,(H2,9,10,11). The van der Waals surface area contributed by atoms with Gasteiger partial charge in [-0.2, -0.15) is 23.5 Å². The highest BCUT2D eigenvalue weighted by molar-refractivity contribution is 7.89. The van der Waals surface area contributed by atoms with E-state index in [0.717, 1.165) is 23.4 Å². The topological polar surface area (TPSA) is 115 Å². The molecule has 7 nitrogen and oxygen atoms in total. The highest BCUT2D eigenvalue weighted by Gasteiger charge is 2.30. The molecule has 0 fully saturated rings. The Bertz CT molecular complexity index is 1130. The van der Waals surface area contributed by atoms with Crippen molar-refractivity contribution < 1.29 is 21.6 Å². The molecule has 0 aliphatic heterocycles. The number of nitrogens with zero attached hydrogens (tertiary/aromatic N) is 4. The van der Waals surface area contributed by atoms with Gasteiger partial charge in [-0.3, -0.25) is 0 Å². The molecule has 2 N–H and O–H groups in total. The second-order valence-corrected chi connectivity index (χ2v) is 7.62. The summed E-state index contributed by atoms with van der Waals surface area (Å²) < 4.78 is 59.9. The summed E-state index contributed by atoms with van der Waals surface area (Å²) in [5, 5.41) is 17.3. The Morgan fingerprint density at radius 2 is 1.72 bits per heavy atom. The lowest BCUT2D eigenvalue weighted by molar-refractivity contribution is -0.137. The van der Waals surface area contributed by atoms with Gasteiger partial charge in [0, 0.05) is 6.20 Å². The molecular weight excluding hydrogens is 407 g/mol. The maximum Gasteiger partial charge on any atom is 0.417 e. The Hall–Kier alpha value is -3.23. The van der Waals surface area contributed by atoms with Crippen LogP contribution in [0.25, 0.3) is 5.82 Å². The molecule has 0 radical (unpaired) electrons. The Kier molecular flexibility index (Phi) is 6.41. The molecule has 1 aromatic carbocycles. The van der Waals surface area contributed by atoms with Gasteiger partial charge in [-0.25, -0.2) is 23.2 Å². The second kappa shape index (κ2) is 8.42. The van der Waals surface area contributed by atoms with Gasteiger partial charge in [0.05, 0.1) is 28.4 Å². The molecular formula is C18H16F3N5O2S. The molecule has 0 aliphatic rings. The van der Waals surface area contributed by atoms with E-state index in [2.05, 4.69) is 10.1 Å². The number of rotatable bonds is 2. The van der Waals surface area contributed by atoms with Crippen molar-refractivity contribution in [3.05, 3.63) is 71.2 Å². The van der Waals surface area contributed by atoms with Crippen molar-refractivity contribution in [2.75, 3.05) is 0 Å². The van der Waals surface area contributed by atoms with Crippen molar-refractivity contribution in [1.82, 2.24) is 14.8 Å². The summed E-state index contributed by atoms with van der Waals surface area (Å²) >= 11 is 0. The molecule has 0 saturated heterocycles. The minimum Gasteiger partial charge on any atom is -0.237 e. The van der Waals surface area contributed by atoms with Crippen molar-refractivity contribution in [3.63, 3.8) is 0 Å². The van der Waals surface area contributed by atoms with Crippen LogP contribution in [-0.4, -0.2) is 23.2 Å². The Morgan fingerprint density at radius 3 is 2.14 bits per heavy atom. The zero-order chi connectivity index (χ0) is 21.8. The van der Waals surface area contributed by atoms with Gasteiger partial charge in [-0.05, 0) is 49.2 Å². The lowest BCUT2D eigenvalue weighted by atomic mass is 10.2. The first-order valence-electron chi connectivity index (χ1n) is 7.99. The van der Waals surface area contributed by atoms with Gasteiger partial charge in [-0.1, -0.05) is 6.07 Å². The quantitative estimate of drug-likeness (QED) is 0.680. The summed E-state index contributed by atoms with van der Waals surface area (Å²) in [6, 6.07) is 8.98. The number of hydrogen-bond acceptors (Lipinski definition) is 5. The first kappa shape index (κ1) is 22.1. The molecule has 0 saturated carbocycles. The van der Waals surface area contributed by atoms with Gasteiger partial charge in [-0.15, -0.1) is 0 Å². The van der Waals surface area contributed by atoms with Crippen molar-refractivity contribution in [2.24, 2.45) is 5.14 Å². The molecule has 0 atom stereocenters. The summed E-state index contributed by atoms with van der Waals surface area (Å²) in [5.41, 5.74) is 1.29. The molecule has 3 rings (SSSR count). The van der Waals surface area contributed by atoms with Crippen molar-refractivity contribution in [3.8, 4) is 11.9 Å². The lowest BCUT2D eigenvalue weighted by Crippen LogP contribution is -2.12.